The fourth-order valence-corrected chi connectivity index (χ4v) is 3.36. The molecule has 0 heterocycles. The second-order valence-corrected chi connectivity index (χ2v) is 5.44. The van der Waals surface area contributed by atoms with Crippen LogP contribution < -0.4 is 5.32 Å². The molecule has 2 N–H and O–H groups in total. The van der Waals surface area contributed by atoms with Gasteiger partial charge in [-0.1, -0.05) is 6.42 Å². The molecule has 102 valence electrons. The van der Waals surface area contributed by atoms with Gasteiger partial charge in [-0.2, -0.15) is 0 Å². The minimum Gasteiger partial charge on any atom is -0.480 e. The van der Waals surface area contributed by atoms with E-state index in [-0.39, 0.29) is 19.1 Å². The quantitative estimate of drug-likeness (QED) is 0.666. The highest BCUT2D eigenvalue weighted by Crippen LogP contribution is 2.49. The van der Waals surface area contributed by atoms with Crippen molar-refractivity contribution in [1.29, 1.82) is 0 Å². The van der Waals surface area contributed by atoms with Crippen LogP contribution in [0.4, 0.5) is 0 Å². The Morgan fingerprint density at radius 3 is 2.72 bits per heavy atom. The van der Waals surface area contributed by atoms with Crippen LogP contribution in [0.5, 0.6) is 0 Å². The van der Waals surface area contributed by atoms with Crippen LogP contribution in [-0.4, -0.2) is 36.7 Å². The zero-order valence-electron chi connectivity index (χ0n) is 10.6. The van der Waals surface area contributed by atoms with Crippen molar-refractivity contribution in [2.45, 2.75) is 32.1 Å². The molecule has 0 radical (unpaired) electrons. The van der Waals surface area contributed by atoms with Gasteiger partial charge in [0.15, 0.2) is 0 Å². The SMILES string of the molecule is O=C(O)COCCNC(=O)CC1CC2CCC1C2. The molecule has 2 aliphatic carbocycles. The third-order valence-corrected chi connectivity index (χ3v) is 4.13. The molecule has 5 nitrogen and oxygen atoms in total. The number of aliphatic carboxylic acids is 1. The first kappa shape index (κ1) is 13.3. The van der Waals surface area contributed by atoms with E-state index >= 15 is 0 Å². The molecule has 18 heavy (non-hydrogen) atoms. The molecule has 0 aliphatic heterocycles. The van der Waals surface area contributed by atoms with E-state index in [0.29, 0.717) is 18.9 Å². The normalized spacial score (nSPS) is 29.4. The van der Waals surface area contributed by atoms with Crippen LogP contribution in [0.1, 0.15) is 32.1 Å². The van der Waals surface area contributed by atoms with Crippen molar-refractivity contribution in [3.8, 4) is 0 Å². The third-order valence-electron chi connectivity index (χ3n) is 4.13. The number of carbonyl (C=O) groups excluding carboxylic acids is 1. The van der Waals surface area contributed by atoms with Crippen LogP contribution in [0.3, 0.4) is 0 Å². The topological polar surface area (TPSA) is 75.6 Å². The Kier molecular flexibility index (Phi) is 4.58. The molecule has 0 spiro atoms. The first-order valence-electron chi connectivity index (χ1n) is 6.71. The molecule has 2 aliphatic rings. The van der Waals surface area contributed by atoms with E-state index in [0.717, 1.165) is 11.8 Å². The molecular weight excluding hydrogens is 234 g/mol. The standard InChI is InChI=1S/C13H21NO4/c15-12(14-3-4-18-8-13(16)17)7-11-6-9-1-2-10(11)5-9/h9-11H,1-8H2,(H,14,15)(H,16,17). The molecule has 0 aromatic carbocycles. The average Bonchev–Trinajstić information content (AvgIpc) is 2.90. The summed E-state index contributed by atoms with van der Waals surface area (Å²) in [6, 6.07) is 0. The highest BCUT2D eigenvalue weighted by Gasteiger charge is 2.39. The lowest BCUT2D eigenvalue weighted by molar-refractivity contribution is -0.142. The molecule has 2 rings (SSSR count). The summed E-state index contributed by atoms with van der Waals surface area (Å²) in [6.07, 6.45) is 5.81. The maximum absolute atomic E-state index is 11.7. The van der Waals surface area contributed by atoms with Gasteiger partial charge in [-0.25, -0.2) is 4.79 Å². The van der Waals surface area contributed by atoms with Gasteiger partial charge >= 0.3 is 5.97 Å². The molecule has 3 unspecified atom stereocenters. The van der Waals surface area contributed by atoms with Crippen LogP contribution in [0.25, 0.3) is 0 Å². The lowest BCUT2D eigenvalue weighted by atomic mass is 9.86. The number of hydrogen-bond acceptors (Lipinski definition) is 3. The van der Waals surface area contributed by atoms with Gasteiger partial charge in [0.2, 0.25) is 5.91 Å². The van der Waals surface area contributed by atoms with Crippen molar-refractivity contribution < 1.29 is 19.4 Å². The van der Waals surface area contributed by atoms with E-state index in [1.165, 1.54) is 25.7 Å². The smallest absolute Gasteiger partial charge is 0.329 e. The molecule has 2 bridgehead atoms. The summed E-state index contributed by atoms with van der Waals surface area (Å²) in [7, 11) is 0. The number of carboxylic acid groups (broad SMARTS) is 1. The fourth-order valence-electron chi connectivity index (χ4n) is 3.36. The summed E-state index contributed by atoms with van der Waals surface area (Å²) in [4.78, 5) is 21.9. The van der Waals surface area contributed by atoms with Gasteiger partial charge in [0, 0.05) is 13.0 Å². The molecule has 1 amide bonds. The average molecular weight is 255 g/mol. The first-order chi connectivity index (χ1) is 8.65. The van der Waals surface area contributed by atoms with Gasteiger partial charge in [0.1, 0.15) is 6.61 Å². The maximum atomic E-state index is 11.7. The zero-order valence-corrected chi connectivity index (χ0v) is 10.6. The molecule has 2 fully saturated rings. The van der Waals surface area contributed by atoms with E-state index < -0.39 is 5.97 Å². The summed E-state index contributed by atoms with van der Waals surface area (Å²) in [5.41, 5.74) is 0. The Morgan fingerprint density at radius 1 is 1.28 bits per heavy atom. The number of fused-ring (bicyclic) bond motifs is 2. The Balaban J connectivity index is 1.54. The summed E-state index contributed by atoms with van der Waals surface area (Å²) < 4.78 is 4.85. The van der Waals surface area contributed by atoms with E-state index in [1.807, 2.05) is 0 Å². The van der Waals surface area contributed by atoms with Gasteiger partial charge < -0.3 is 15.2 Å². The number of amides is 1. The van der Waals surface area contributed by atoms with Crippen molar-refractivity contribution in [2.75, 3.05) is 19.8 Å². The number of nitrogens with one attached hydrogen (secondary N) is 1. The Morgan fingerprint density at radius 2 is 2.11 bits per heavy atom. The second kappa shape index (κ2) is 6.18. The van der Waals surface area contributed by atoms with Crippen LogP contribution in [0.15, 0.2) is 0 Å². The van der Waals surface area contributed by atoms with Crippen LogP contribution >= 0.6 is 0 Å². The molecule has 2 saturated carbocycles. The molecular formula is C13H21NO4. The lowest BCUT2D eigenvalue weighted by Crippen LogP contribution is -2.30. The highest BCUT2D eigenvalue weighted by molar-refractivity contribution is 5.76. The number of ether oxygens (including phenoxy) is 1. The minimum atomic E-state index is -0.983. The van der Waals surface area contributed by atoms with Crippen molar-refractivity contribution in [2.24, 2.45) is 17.8 Å². The number of carboxylic acids is 1. The van der Waals surface area contributed by atoms with Gasteiger partial charge in [-0.05, 0) is 37.0 Å². The van der Waals surface area contributed by atoms with E-state index in [2.05, 4.69) is 5.32 Å². The van der Waals surface area contributed by atoms with Gasteiger partial charge in [-0.15, -0.1) is 0 Å². The molecule has 0 saturated heterocycles. The Hall–Kier alpha value is -1.10. The summed E-state index contributed by atoms with van der Waals surface area (Å²) in [5, 5.41) is 11.1. The maximum Gasteiger partial charge on any atom is 0.329 e. The lowest BCUT2D eigenvalue weighted by Gasteiger charge is -2.20. The number of hydrogen-bond donors (Lipinski definition) is 2. The number of rotatable bonds is 7. The summed E-state index contributed by atoms with van der Waals surface area (Å²) in [6.45, 7) is 0.351. The zero-order chi connectivity index (χ0) is 13.0. The molecule has 0 aromatic heterocycles. The van der Waals surface area contributed by atoms with Crippen LogP contribution in [0.2, 0.25) is 0 Å². The van der Waals surface area contributed by atoms with Crippen LogP contribution in [-0.2, 0) is 14.3 Å². The summed E-state index contributed by atoms with van der Waals surface area (Å²) >= 11 is 0. The van der Waals surface area contributed by atoms with Gasteiger partial charge in [-0.3, -0.25) is 4.79 Å². The van der Waals surface area contributed by atoms with Crippen molar-refractivity contribution in [3.05, 3.63) is 0 Å². The largest absolute Gasteiger partial charge is 0.480 e. The monoisotopic (exact) mass is 255 g/mol. The van der Waals surface area contributed by atoms with Gasteiger partial charge in [0.25, 0.3) is 0 Å². The first-order valence-corrected chi connectivity index (χ1v) is 6.71. The molecule has 3 atom stereocenters. The third kappa shape index (κ3) is 3.70. The van der Waals surface area contributed by atoms with Crippen LogP contribution in [0, 0.1) is 17.8 Å². The van der Waals surface area contributed by atoms with E-state index in [1.54, 1.807) is 0 Å². The minimum absolute atomic E-state index is 0.0754. The highest BCUT2D eigenvalue weighted by atomic mass is 16.5. The predicted octanol–water partition coefficient (Wildman–Crippen LogP) is 1.03. The van der Waals surface area contributed by atoms with E-state index in [4.69, 9.17) is 9.84 Å². The summed E-state index contributed by atoms with van der Waals surface area (Å²) in [5.74, 6) is 1.30. The molecule has 0 aromatic rings. The number of carbonyl (C=O) groups is 2. The Bertz CT molecular complexity index is 318. The second-order valence-electron chi connectivity index (χ2n) is 5.44. The van der Waals surface area contributed by atoms with Crippen molar-refractivity contribution in [3.63, 3.8) is 0 Å². The van der Waals surface area contributed by atoms with Crippen molar-refractivity contribution >= 4 is 11.9 Å². The predicted molar refractivity (Wildman–Crippen MR) is 65.0 cm³/mol. The molecule has 5 heteroatoms. The van der Waals surface area contributed by atoms with E-state index in [9.17, 15) is 9.59 Å². The Labute approximate surface area is 107 Å². The fraction of sp³-hybridized carbons (Fsp3) is 0.846. The van der Waals surface area contributed by atoms with Gasteiger partial charge in [0.05, 0.1) is 6.61 Å². The van der Waals surface area contributed by atoms with Crippen molar-refractivity contribution in [1.82, 2.24) is 5.32 Å².